The SMILES string of the molecule is O=C1CCCN1C1CCCCC1.[Fe]. The third-order valence-corrected chi connectivity index (χ3v) is 3.13. The molecule has 0 N–H and O–H groups in total. The van der Waals surface area contributed by atoms with E-state index in [2.05, 4.69) is 4.90 Å². The Hall–Kier alpha value is -0.0105. The summed E-state index contributed by atoms with van der Waals surface area (Å²) < 4.78 is 0. The fourth-order valence-corrected chi connectivity index (χ4v) is 2.45. The maximum absolute atomic E-state index is 11.4. The van der Waals surface area contributed by atoms with E-state index in [0.29, 0.717) is 11.9 Å². The maximum Gasteiger partial charge on any atom is 0.222 e. The van der Waals surface area contributed by atoms with Crippen molar-refractivity contribution in [2.75, 3.05) is 6.54 Å². The van der Waals surface area contributed by atoms with Crippen LogP contribution in [0.5, 0.6) is 0 Å². The van der Waals surface area contributed by atoms with Crippen LogP contribution in [0.4, 0.5) is 0 Å². The number of amides is 1. The van der Waals surface area contributed by atoms with Crippen LogP contribution in [0, 0.1) is 0 Å². The van der Waals surface area contributed by atoms with E-state index in [-0.39, 0.29) is 17.1 Å². The summed E-state index contributed by atoms with van der Waals surface area (Å²) in [5.41, 5.74) is 0. The minimum atomic E-state index is 0. The van der Waals surface area contributed by atoms with Crippen LogP contribution in [-0.2, 0) is 21.9 Å². The van der Waals surface area contributed by atoms with Gasteiger partial charge < -0.3 is 4.90 Å². The van der Waals surface area contributed by atoms with Crippen LogP contribution in [0.3, 0.4) is 0 Å². The molecule has 0 bridgehead atoms. The molecule has 1 aliphatic heterocycles. The molecule has 0 aromatic rings. The van der Waals surface area contributed by atoms with Gasteiger partial charge in [-0.3, -0.25) is 4.79 Å². The van der Waals surface area contributed by atoms with Crippen LogP contribution < -0.4 is 0 Å². The third kappa shape index (κ3) is 2.47. The largest absolute Gasteiger partial charge is 0.340 e. The zero-order valence-corrected chi connectivity index (χ0v) is 9.05. The quantitative estimate of drug-likeness (QED) is 0.622. The van der Waals surface area contributed by atoms with Gasteiger partial charge in [0.25, 0.3) is 0 Å². The monoisotopic (exact) mass is 223 g/mol. The Balaban J connectivity index is 0.000000845. The predicted molar refractivity (Wildman–Crippen MR) is 47.8 cm³/mol. The van der Waals surface area contributed by atoms with Gasteiger partial charge in [-0.05, 0) is 19.3 Å². The minimum Gasteiger partial charge on any atom is -0.340 e. The van der Waals surface area contributed by atoms with Crippen molar-refractivity contribution in [3.05, 3.63) is 0 Å². The van der Waals surface area contributed by atoms with Gasteiger partial charge in [0.1, 0.15) is 0 Å². The number of hydrogen-bond donors (Lipinski definition) is 0. The van der Waals surface area contributed by atoms with Gasteiger partial charge in [0.2, 0.25) is 5.91 Å². The number of carbonyl (C=O) groups excluding carboxylic acids is 1. The molecule has 3 heteroatoms. The summed E-state index contributed by atoms with van der Waals surface area (Å²) in [7, 11) is 0. The summed E-state index contributed by atoms with van der Waals surface area (Å²) in [6.07, 6.45) is 8.44. The number of carbonyl (C=O) groups is 1. The fraction of sp³-hybridized carbons (Fsp3) is 0.900. The molecule has 1 saturated heterocycles. The second-order valence-electron chi connectivity index (χ2n) is 3.98. The zero-order valence-electron chi connectivity index (χ0n) is 7.94. The molecule has 76 valence electrons. The summed E-state index contributed by atoms with van der Waals surface area (Å²) >= 11 is 0. The van der Waals surface area contributed by atoms with Crippen molar-refractivity contribution in [2.45, 2.75) is 51.0 Å². The molecule has 0 radical (unpaired) electrons. The van der Waals surface area contributed by atoms with E-state index in [1.165, 1.54) is 32.1 Å². The molecular formula is C10H17FeNO. The molecule has 0 aromatic heterocycles. The normalized spacial score (nSPS) is 24.6. The van der Waals surface area contributed by atoms with Gasteiger partial charge in [0.05, 0.1) is 0 Å². The van der Waals surface area contributed by atoms with Crippen LogP contribution in [0.1, 0.15) is 44.9 Å². The molecule has 1 amide bonds. The number of hydrogen-bond acceptors (Lipinski definition) is 1. The van der Waals surface area contributed by atoms with E-state index in [1.807, 2.05) is 0 Å². The second kappa shape index (κ2) is 5.02. The van der Waals surface area contributed by atoms with E-state index >= 15 is 0 Å². The molecule has 2 aliphatic rings. The Kier molecular flexibility index (Phi) is 4.27. The number of nitrogens with zero attached hydrogens (tertiary/aromatic N) is 1. The summed E-state index contributed by atoms with van der Waals surface area (Å²) in [4.78, 5) is 13.5. The fourth-order valence-electron chi connectivity index (χ4n) is 2.45. The molecule has 0 atom stereocenters. The Morgan fingerprint density at radius 3 is 2.31 bits per heavy atom. The number of rotatable bonds is 1. The molecule has 2 fully saturated rings. The Morgan fingerprint density at radius 1 is 1.08 bits per heavy atom. The Labute approximate surface area is 90.5 Å². The molecule has 1 saturated carbocycles. The van der Waals surface area contributed by atoms with Gasteiger partial charge in [-0.2, -0.15) is 0 Å². The first-order valence-electron chi connectivity index (χ1n) is 5.17. The molecule has 0 spiro atoms. The third-order valence-electron chi connectivity index (χ3n) is 3.13. The van der Waals surface area contributed by atoms with Crippen molar-refractivity contribution in [1.82, 2.24) is 4.90 Å². The average molecular weight is 223 g/mol. The van der Waals surface area contributed by atoms with Crippen molar-refractivity contribution in [3.63, 3.8) is 0 Å². The predicted octanol–water partition coefficient (Wildman–Crippen LogP) is 1.94. The van der Waals surface area contributed by atoms with E-state index in [4.69, 9.17) is 0 Å². The first-order chi connectivity index (χ1) is 5.88. The van der Waals surface area contributed by atoms with Crippen molar-refractivity contribution in [1.29, 1.82) is 0 Å². The van der Waals surface area contributed by atoms with Gasteiger partial charge in [-0.15, -0.1) is 0 Å². The summed E-state index contributed by atoms with van der Waals surface area (Å²) in [6.45, 7) is 1.03. The summed E-state index contributed by atoms with van der Waals surface area (Å²) in [6, 6.07) is 0.605. The minimum absolute atomic E-state index is 0. The van der Waals surface area contributed by atoms with Gasteiger partial charge in [0.15, 0.2) is 0 Å². The maximum atomic E-state index is 11.4. The topological polar surface area (TPSA) is 20.3 Å². The van der Waals surface area contributed by atoms with Crippen molar-refractivity contribution in [3.8, 4) is 0 Å². The zero-order chi connectivity index (χ0) is 8.39. The second-order valence-corrected chi connectivity index (χ2v) is 3.98. The standard InChI is InChI=1S/C10H17NO.Fe/c12-10-7-4-8-11(10)9-5-2-1-3-6-9;/h9H,1-8H2;. The van der Waals surface area contributed by atoms with Crippen LogP contribution >= 0.6 is 0 Å². The van der Waals surface area contributed by atoms with Crippen molar-refractivity contribution >= 4 is 5.91 Å². The first kappa shape index (κ1) is 11.1. The van der Waals surface area contributed by atoms with Crippen LogP contribution in [0.2, 0.25) is 0 Å². The molecular weight excluding hydrogens is 206 g/mol. The Morgan fingerprint density at radius 2 is 1.77 bits per heavy atom. The van der Waals surface area contributed by atoms with Gasteiger partial charge in [-0.1, -0.05) is 19.3 Å². The van der Waals surface area contributed by atoms with Crippen molar-refractivity contribution < 1.29 is 21.9 Å². The summed E-state index contributed by atoms with van der Waals surface area (Å²) in [5.74, 6) is 0.405. The van der Waals surface area contributed by atoms with E-state index < -0.39 is 0 Å². The molecule has 0 unspecified atom stereocenters. The van der Waals surface area contributed by atoms with Gasteiger partial charge in [0, 0.05) is 36.1 Å². The van der Waals surface area contributed by atoms with Crippen LogP contribution in [0.25, 0.3) is 0 Å². The van der Waals surface area contributed by atoms with E-state index in [1.54, 1.807) is 0 Å². The molecule has 1 aliphatic carbocycles. The average Bonchev–Trinajstić information content (AvgIpc) is 2.53. The molecule has 13 heavy (non-hydrogen) atoms. The van der Waals surface area contributed by atoms with Gasteiger partial charge >= 0.3 is 0 Å². The number of likely N-dealkylation sites (tertiary alicyclic amines) is 1. The molecule has 2 nitrogen and oxygen atoms in total. The summed E-state index contributed by atoms with van der Waals surface area (Å²) in [5, 5.41) is 0. The molecule has 1 heterocycles. The van der Waals surface area contributed by atoms with Gasteiger partial charge in [-0.25, -0.2) is 0 Å². The Bertz CT molecular complexity index is 178. The molecule has 0 aromatic carbocycles. The smallest absolute Gasteiger partial charge is 0.222 e. The van der Waals surface area contributed by atoms with Crippen LogP contribution in [0.15, 0.2) is 0 Å². The first-order valence-corrected chi connectivity index (χ1v) is 5.17. The molecule has 2 rings (SSSR count). The van der Waals surface area contributed by atoms with Crippen molar-refractivity contribution in [2.24, 2.45) is 0 Å². The van der Waals surface area contributed by atoms with Crippen LogP contribution in [-0.4, -0.2) is 23.4 Å². The van der Waals surface area contributed by atoms with E-state index in [0.717, 1.165) is 19.4 Å². The van der Waals surface area contributed by atoms with E-state index in [9.17, 15) is 4.79 Å².